The molecule has 0 saturated carbocycles. The molecule has 0 aliphatic carbocycles. The summed E-state index contributed by atoms with van der Waals surface area (Å²) in [7, 11) is 0. The van der Waals surface area contributed by atoms with Crippen molar-refractivity contribution in [3.8, 4) is 0 Å². The van der Waals surface area contributed by atoms with Crippen molar-refractivity contribution in [2.75, 3.05) is 18.1 Å². The second-order valence-corrected chi connectivity index (χ2v) is 6.77. The third-order valence-electron chi connectivity index (χ3n) is 3.15. The zero-order valence-corrected chi connectivity index (χ0v) is 11.6. The van der Waals surface area contributed by atoms with Crippen LogP contribution < -0.4 is 5.73 Å². The molecule has 96 valence electrons. The van der Waals surface area contributed by atoms with E-state index < -0.39 is 6.10 Å². The van der Waals surface area contributed by atoms with Crippen LogP contribution in [0.25, 0.3) is 0 Å². The minimum absolute atomic E-state index is 0.155. The maximum atomic E-state index is 9.52. The van der Waals surface area contributed by atoms with Gasteiger partial charge in [-0.2, -0.15) is 11.8 Å². The molecule has 3 N–H and O–H groups in total. The maximum absolute atomic E-state index is 9.52. The Morgan fingerprint density at radius 1 is 1.38 bits per heavy atom. The van der Waals surface area contributed by atoms with Crippen LogP contribution in [0.5, 0.6) is 0 Å². The van der Waals surface area contributed by atoms with Crippen LogP contribution in [0.1, 0.15) is 34.1 Å². The fourth-order valence-corrected chi connectivity index (χ4v) is 3.65. The summed E-state index contributed by atoms with van der Waals surface area (Å²) in [6.07, 6.45) is 0.372. The lowest BCUT2D eigenvalue weighted by molar-refractivity contribution is -0.123. The molecule has 3 atom stereocenters. The van der Waals surface area contributed by atoms with E-state index in [0.717, 1.165) is 17.9 Å². The summed E-state index contributed by atoms with van der Waals surface area (Å²) in [6.45, 7) is 8.70. The second-order valence-electron chi connectivity index (χ2n) is 5.78. The first-order chi connectivity index (χ1) is 7.30. The molecule has 3 unspecified atom stereocenters. The smallest absolute Gasteiger partial charge is 0.0904 e. The minimum Gasteiger partial charge on any atom is -0.391 e. The lowest BCUT2D eigenvalue weighted by Gasteiger charge is -2.45. The van der Waals surface area contributed by atoms with E-state index in [9.17, 15) is 5.11 Å². The van der Waals surface area contributed by atoms with Gasteiger partial charge in [0.15, 0.2) is 0 Å². The minimum atomic E-state index is -0.446. The number of thioether (sulfide) groups is 1. The molecule has 1 saturated heterocycles. The van der Waals surface area contributed by atoms with Gasteiger partial charge in [-0.3, -0.25) is 0 Å². The molecule has 4 heteroatoms. The average molecular weight is 247 g/mol. The molecule has 0 spiro atoms. The fourth-order valence-electron chi connectivity index (χ4n) is 2.24. The fraction of sp³-hybridized carbons (Fsp3) is 1.00. The number of rotatable bonds is 4. The molecule has 0 aromatic carbocycles. The van der Waals surface area contributed by atoms with Crippen LogP contribution in [0.4, 0.5) is 0 Å². The van der Waals surface area contributed by atoms with Gasteiger partial charge in [0.2, 0.25) is 0 Å². The molecule has 3 nitrogen and oxygen atoms in total. The Hall–Kier alpha value is 0.230. The summed E-state index contributed by atoms with van der Waals surface area (Å²) in [6, 6.07) is 0. The molecule has 1 fully saturated rings. The van der Waals surface area contributed by atoms with E-state index in [1.165, 1.54) is 0 Å². The Labute approximate surface area is 103 Å². The van der Waals surface area contributed by atoms with Crippen LogP contribution >= 0.6 is 11.8 Å². The predicted molar refractivity (Wildman–Crippen MR) is 69.7 cm³/mol. The molecule has 1 rings (SSSR count). The molecule has 0 radical (unpaired) electrons. The highest BCUT2D eigenvalue weighted by Gasteiger charge is 2.41. The standard InChI is InChI=1S/C12H25NO2S/c1-9(14)10(2)15-12(6-13)5-11(3,4)7-16-8-12/h9-10,14H,5-8,13H2,1-4H3. The summed E-state index contributed by atoms with van der Waals surface area (Å²) in [5.74, 6) is 2.09. The number of nitrogens with two attached hydrogens (primary N) is 1. The first-order valence-electron chi connectivity index (χ1n) is 5.94. The Bertz CT molecular complexity index is 233. The van der Waals surface area contributed by atoms with Crippen molar-refractivity contribution < 1.29 is 9.84 Å². The van der Waals surface area contributed by atoms with Crippen molar-refractivity contribution in [1.29, 1.82) is 0 Å². The van der Waals surface area contributed by atoms with Gasteiger partial charge in [0.05, 0.1) is 17.8 Å². The van der Waals surface area contributed by atoms with Gasteiger partial charge >= 0.3 is 0 Å². The van der Waals surface area contributed by atoms with Gasteiger partial charge in [0, 0.05) is 12.3 Å². The number of ether oxygens (including phenoxy) is 1. The number of hydrogen-bond acceptors (Lipinski definition) is 4. The highest BCUT2D eigenvalue weighted by molar-refractivity contribution is 7.99. The Kier molecular flexibility index (Phi) is 4.69. The first kappa shape index (κ1) is 14.3. The Morgan fingerprint density at radius 3 is 2.44 bits per heavy atom. The Morgan fingerprint density at radius 2 is 2.00 bits per heavy atom. The summed E-state index contributed by atoms with van der Waals surface area (Å²) in [5.41, 5.74) is 5.89. The largest absolute Gasteiger partial charge is 0.391 e. The van der Waals surface area contributed by atoms with E-state index in [-0.39, 0.29) is 17.1 Å². The first-order valence-corrected chi connectivity index (χ1v) is 7.09. The van der Waals surface area contributed by atoms with Gasteiger partial charge in [-0.1, -0.05) is 13.8 Å². The number of aliphatic hydroxyl groups excluding tert-OH is 1. The zero-order valence-electron chi connectivity index (χ0n) is 10.8. The highest BCUT2D eigenvalue weighted by Crippen LogP contribution is 2.41. The molecule has 0 amide bonds. The quantitative estimate of drug-likeness (QED) is 0.793. The second kappa shape index (κ2) is 5.25. The monoisotopic (exact) mass is 247 g/mol. The maximum Gasteiger partial charge on any atom is 0.0904 e. The van der Waals surface area contributed by atoms with Crippen molar-refractivity contribution in [2.45, 2.75) is 51.9 Å². The summed E-state index contributed by atoms with van der Waals surface area (Å²) >= 11 is 1.90. The van der Waals surface area contributed by atoms with Gasteiger partial charge in [-0.25, -0.2) is 0 Å². The third kappa shape index (κ3) is 3.62. The molecule has 1 aliphatic heterocycles. The number of aliphatic hydroxyl groups is 1. The molecule has 1 aliphatic rings. The van der Waals surface area contributed by atoms with Crippen LogP contribution in [-0.4, -0.2) is 41.0 Å². The zero-order chi connectivity index (χ0) is 12.4. The van der Waals surface area contributed by atoms with E-state index in [2.05, 4.69) is 13.8 Å². The molecule has 0 bridgehead atoms. The Balaban J connectivity index is 2.69. The highest BCUT2D eigenvalue weighted by atomic mass is 32.2. The van der Waals surface area contributed by atoms with E-state index in [0.29, 0.717) is 6.54 Å². The van der Waals surface area contributed by atoms with Gasteiger partial charge in [0.25, 0.3) is 0 Å². The normalized spacial score (nSPS) is 33.4. The topological polar surface area (TPSA) is 55.5 Å². The van der Waals surface area contributed by atoms with Gasteiger partial charge < -0.3 is 15.6 Å². The average Bonchev–Trinajstić information content (AvgIpc) is 2.16. The molecular weight excluding hydrogens is 222 g/mol. The van der Waals surface area contributed by atoms with Crippen LogP contribution in [0.2, 0.25) is 0 Å². The van der Waals surface area contributed by atoms with E-state index in [1.807, 2.05) is 18.7 Å². The van der Waals surface area contributed by atoms with Gasteiger partial charge in [-0.15, -0.1) is 0 Å². The third-order valence-corrected chi connectivity index (χ3v) is 4.86. The lowest BCUT2D eigenvalue weighted by Crippen LogP contribution is -2.52. The molecule has 16 heavy (non-hydrogen) atoms. The van der Waals surface area contributed by atoms with Crippen molar-refractivity contribution in [3.63, 3.8) is 0 Å². The van der Waals surface area contributed by atoms with Gasteiger partial charge in [-0.05, 0) is 31.4 Å². The molecule has 0 aromatic rings. The van der Waals surface area contributed by atoms with Crippen molar-refractivity contribution in [3.05, 3.63) is 0 Å². The van der Waals surface area contributed by atoms with Crippen LogP contribution in [-0.2, 0) is 4.74 Å². The number of hydrogen-bond donors (Lipinski definition) is 2. The van der Waals surface area contributed by atoms with Crippen LogP contribution in [0.15, 0.2) is 0 Å². The predicted octanol–water partition coefficient (Wildman–Crippen LogP) is 1.63. The SMILES string of the molecule is CC(O)C(C)OC1(CN)CSCC(C)(C)C1. The van der Waals surface area contributed by atoms with Crippen molar-refractivity contribution >= 4 is 11.8 Å². The van der Waals surface area contributed by atoms with E-state index >= 15 is 0 Å². The van der Waals surface area contributed by atoms with E-state index in [4.69, 9.17) is 10.5 Å². The van der Waals surface area contributed by atoms with E-state index in [1.54, 1.807) is 6.92 Å². The summed E-state index contributed by atoms with van der Waals surface area (Å²) in [4.78, 5) is 0. The van der Waals surface area contributed by atoms with Crippen LogP contribution in [0, 0.1) is 5.41 Å². The molecule has 1 heterocycles. The van der Waals surface area contributed by atoms with Gasteiger partial charge in [0.1, 0.15) is 0 Å². The van der Waals surface area contributed by atoms with Crippen LogP contribution in [0.3, 0.4) is 0 Å². The molecular formula is C12H25NO2S. The van der Waals surface area contributed by atoms with Crippen molar-refractivity contribution in [1.82, 2.24) is 0 Å². The lowest BCUT2D eigenvalue weighted by atomic mass is 9.81. The summed E-state index contributed by atoms with van der Waals surface area (Å²) in [5, 5.41) is 9.52. The molecule has 0 aromatic heterocycles. The summed E-state index contributed by atoms with van der Waals surface area (Å²) < 4.78 is 6.03. The van der Waals surface area contributed by atoms with Crippen molar-refractivity contribution in [2.24, 2.45) is 11.1 Å².